The number of hydrogen-bond acceptors (Lipinski definition) is 10. The second kappa shape index (κ2) is 19.1. The molecule has 0 saturated carbocycles. The predicted octanol–water partition coefficient (Wildman–Crippen LogP) is 0.710. The Morgan fingerprint density at radius 2 is 1.41 bits per heavy atom. The molecule has 1 aliphatic heterocycles. The number of nitrogens with one attached hydrogen (secondary N) is 1. The number of hydrogen-bond donors (Lipinski definition) is 3. The molecule has 1 fully saturated rings. The molecule has 0 aromatic heterocycles. The van der Waals surface area contributed by atoms with E-state index < -0.39 is 18.4 Å². The summed E-state index contributed by atoms with van der Waals surface area (Å²) >= 11 is 0. The molecule has 1 saturated heterocycles. The average molecular weight is 549 g/mol. The van der Waals surface area contributed by atoms with Gasteiger partial charge in [0.05, 0.1) is 58.4 Å². The average Bonchev–Trinajstić information content (AvgIpc) is 2.80. The Kier molecular flexibility index (Phi) is 18.0. The molecule has 1 aliphatic rings. The van der Waals surface area contributed by atoms with E-state index in [0.29, 0.717) is 52.8 Å². The lowest BCUT2D eigenvalue weighted by Gasteiger charge is -2.44. The maximum atomic E-state index is 11.6. The van der Waals surface area contributed by atoms with Crippen molar-refractivity contribution in [3.05, 3.63) is 0 Å². The van der Waals surface area contributed by atoms with Crippen LogP contribution >= 0.6 is 0 Å². The topological polar surface area (TPSA) is 165 Å². The molecule has 0 bridgehead atoms. The van der Waals surface area contributed by atoms with Crippen molar-refractivity contribution in [1.29, 1.82) is 0 Å². The Labute approximate surface area is 214 Å². The summed E-state index contributed by atoms with van der Waals surface area (Å²) in [6.07, 6.45) is -6.05. The number of carboxylic acid groups (broad SMARTS) is 1. The van der Waals surface area contributed by atoms with Crippen molar-refractivity contribution in [2.24, 2.45) is 17.6 Å². The van der Waals surface area contributed by atoms with E-state index in [0.717, 1.165) is 0 Å². The lowest BCUT2D eigenvalue weighted by molar-refractivity contribution is -0.247. The zero-order chi connectivity index (χ0) is 28.4. The molecule has 1 amide bonds. The van der Waals surface area contributed by atoms with Crippen LogP contribution in [0.25, 0.3) is 0 Å². The number of alkyl halides is 3. The first-order chi connectivity index (χ1) is 17.3. The minimum Gasteiger partial charge on any atom is -0.475 e. The van der Waals surface area contributed by atoms with E-state index in [4.69, 9.17) is 44.1 Å². The highest BCUT2D eigenvalue weighted by molar-refractivity contribution is 5.73. The highest BCUT2D eigenvalue weighted by atomic mass is 19.4. The van der Waals surface area contributed by atoms with E-state index >= 15 is 0 Å². The number of carbonyl (C=O) groups excluding carboxylic acids is 2. The van der Waals surface area contributed by atoms with Crippen LogP contribution in [0, 0.1) is 11.8 Å². The van der Waals surface area contributed by atoms with Crippen molar-refractivity contribution in [2.75, 3.05) is 59.4 Å². The van der Waals surface area contributed by atoms with Gasteiger partial charge in [0.1, 0.15) is 6.61 Å². The number of esters is 1. The van der Waals surface area contributed by atoms with Crippen molar-refractivity contribution >= 4 is 17.8 Å². The lowest BCUT2D eigenvalue weighted by Crippen LogP contribution is -2.58. The molecule has 0 spiro atoms. The van der Waals surface area contributed by atoms with Crippen LogP contribution in [0.4, 0.5) is 13.2 Å². The number of aliphatic carboxylic acids is 1. The summed E-state index contributed by atoms with van der Waals surface area (Å²) < 4.78 is 64.8. The van der Waals surface area contributed by atoms with Gasteiger partial charge >= 0.3 is 18.1 Å². The summed E-state index contributed by atoms with van der Waals surface area (Å²) in [7, 11) is 0. The van der Waals surface area contributed by atoms with Gasteiger partial charge in [0.2, 0.25) is 5.91 Å². The number of ether oxygens (including phenoxy) is 6. The third-order valence-corrected chi connectivity index (χ3v) is 5.16. The molecule has 1 rings (SSSR count). The van der Waals surface area contributed by atoms with E-state index in [1.165, 1.54) is 13.8 Å². The third-order valence-electron chi connectivity index (χ3n) is 5.16. The van der Waals surface area contributed by atoms with Gasteiger partial charge in [0, 0.05) is 20.4 Å². The van der Waals surface area contributed by atoms with E-state index in [2.05, 4.69) is 5.32 Å². The second-order valence-corrected chi connectivity index (χ2v) is 8.09. The van der Waals surface area contributed by atoms with Crippen molar-refractivity contribution < 1.29 is 61.1 Å². The minimum absolute atomic E-state index is 0.0725. The standard InChI is InChI=1S/C20H38N2O8.C2HF3O2/c1-14-15(2)19(22-16(3)23)20(30-18(14)13-29-17(4)24)28-12-11-27-10-9-26-8-7-25-6-5-21;3-2(4,5)1(6)7/h14-15,18-20H,5-13,21H2,1-4H3,(H,22,23);(H,6,7). The Balaban J connectivity index is 0.00000161. The number of rotatable bonds is 15. The monoisotopic (exact) mass is 548 g/mol. The Morgan fingerprint density at radius 3 is 1.84 bits per heavy atom. The molecule has 218 valence electrons. The van der Waals surface area contributed by atoms with Gasteiger partial charge in [0.25, 0.3) is 0 Å². The zero-order valence-corrected chi connectivity index (χ0v) is 21.6. The number of carboxylic acids is 1. The molecule has 5 atom stereocenters. The summed E-state index contributed by atoms with van der Waals surface area (Å²) in [5, 5.41) is 10.0. The first-order valence-electron chi connectivity index (χ1n) is 11.7. The summed E-state index contributed by atoms with van der Waals surface area (Å²) in [5.41, 5.74) is 5.33. The summed E-state index contributed by atoms with van der Waals surface area (Å²) in [6.45, 7) is 10.6. The highest BCUT2D eigenvalue weighted by Gasteiger charge is 2.43. The van der Waals surface area contributed by atoms with Crippen molar-refractivity contribution in [1.82, 2.24) is 5.32 Å². The predicted molar refractivity (Wildman–Crippen MR) is 122 cm³/mol. The van der Waals surface area contributed by atoms with Crippen LogP contribution < -0.4 is 11.1 Å². The second-order valence-electron chi connectivity index (χ2n) is 8.09. The van der Waals surface area contributed by atoms with E-state index in [1.54, 1.807) is 0 Å². The summed E-state index contributed by atoms with van der Waals surface area (Å²) in [6, 6.07) is -0.303. The van der Waals surface area contributed by atoms with E-state index in [1.807, 2.05) is 13.8 Å². The van der Waals surface area contributed by atoms with Gasteiger partial charge in [0.15, 0.2) is 6.29 Å². The van der Waals surface area contributed by atoms with Gasteiger partial charge in [-0.25, -0.2) is 4.79 Å². The van der Waals surface area contributed by atoms with Gasteiger partial charge in [-0.1, -0.05) is 13.8 Å². The molecule has 4 N–H and O–H groups in total. The molecular formula is C22H39F3N2O10. The number of carbonyl (C=O) groups is 3. The van der Waals surface area contributed by atoms with Gasteiger partial charge in [-0.2, -0.15) is 13.2 Å². The first-order valence-corrected chi connectivity index (χ1v) is 11.7. The SMILES string of the molecule is CC(=O)NC1C(OCCOCCOCCOCCN)OC(COC(C)=O)C(C)C1C.O=C(O)C(F)(F)F. The molecular weight excluding hydrogens is 509 g/mol. The molecule has 0 radical (unpaired) electrons. The fourth-order valence-corrected chi connectivity index (χ4v) is 3.11. The van der Waals surface area contributed by atoms with Gasteiger partial charge in [-0.3, -0.25) is 9.59 Å². The number of halogens is 3. The highest BCUT2D eigenvalue weighted by Crippen LogP contribution is 2.31. The molecule has 37 heavy (non-hydrogen) atoms. The Bertz CT molecular complexity index is 667. The van der Waals surface area contributed by atoms with Crippen LogP contribution in [0.5, 0.6) is 0 Å². The van der Waals surface area contributed by atoms with E-state index in [9.17, 15) is 22.8 Å². The molecule has 1 heterocycles. The Morgan fingerprint density at radius 1 is 0.919 bits per heavy atom. The number of amides is 1. The largest absolute Gasteiger partial charge is 0.490 e. The quantitative estimate of drug-likeness (QED) is 0.195. The number of nitrogens with two attached hydrogens (primary N) is 1. The van der Waals surface area contributed by atoms with E-state index in [-0.39, 0.29) is 42.5 Å². The molecule has 0 aromatic rings. The van der Waals surface area contributed by atoms with Gasteiger partial charge < -0.3 is 44.6 Å². The van der Waals surface area contributed by atoms with Crippen molar-refractivity contribution in [3.8, 4) is 0 Å². The van der Waals surface area contributed by atoms with Gasteiger partial charge in [-0.05, 0) is 11.8 Å². The lowest BCUT2D eigenvalue weighted by atomic mass is 9.82. The smallest absolute Gasteiger partial charge is 0.475 e. The maximum absolute atomic E-state index is 11.6. The van der Waals surface area contributed by atoms with Crippen LogP contribution in [-0.4, -0.2) is 107 Å². The zero-order valence-electron chi connectivity index (χ0n) is 21.6. The normalized spacial score (nSPS) is 23.5. The molecule has 0 aliphatic carbocycles. The molecule has 15 heteroatoms. The molecule has 12 nitrogen and oxygen atoms in total. The van der Waals surface area contributed by atoms with Gasteiger partial charge in [-0.15, -0.1) is 0 Å². The summed E-state index contributed by atoms with van der Waals surface area (Å²) in [5.74, 6) is -3.13. The minimum atomic E-state index is -5.08. The van der Waals surface area contributed by atoms with Crippen molar-refractivity contribution in [3.63, 3.8) is 0 Å². The van der Waals surface area contributed by atoms with Crippen LogP contribution in [0.3, 0.4) is 0 Å². The summed E-state index contributed by atoms with van der Waals surface area (Å²) in [4.78, 5) is 31.7. The van der Waals surface area contributed by atoms with Crippen LogP contribution in [0.2, 0.25) is 0 Å². The van der Waals surface area contributed by atoms with Crippen molar-refractivity contribution in [2.45, 2.75) is 52.3 Å². The molecule has 5 unspecified atom stereocenters. The Hall–Kier alpha value is -2.04. The van der Waals surface area contributed by atoms with Crippen LogP contribution in [-0.2, 0) is 42.8 Å². The first kappa shape index (κ1) is 35.0. The third kappa shape index (κ3) is 16.4. The fraction of sp³-hybridized carbons (Fsp3) is 0.864. The van der Waals surface area contributed by atoms with Crippen LogP contribution in [0.15, 0.2) is 0 Å². The fourth-order valence-electron chi connectivity index (χ4n) is 3.11. The molecule has 0 aromatic carbocycles. The van der Waals surface area contributed by atoms with Crippen LogP contribution in [0.1, 0.15) is 27.7 Å². The maximum Gasteiger partial charge on any atom is 0.490 e.